The molecule has 0 atom stereocenters. The van der Waals surface area contributed by atoms with Crippen molar-refractivity contribution in [2.45, 2.75) is 37.1 Å². The Morgan fingerprint density at radius 1 is 1.22 bits per heavy atom. The molecule has 0 spiro atoms. The number of benzene rings is 1. The minimum Gasteiger partial charge on any atom is -0.420 e. The first kappa shape index (κ1) is 16.2. The minimum atomic E-state index is -0.0525. The zero-order valence-electron chi connectivity index (χ0n) is 13.0. The lowest BCUT2D eigenvalue weighted by molar-refractivity contribution is 0.528. The molecule has 0 unspecified atom stereocenters. The van der Waals surface area contributed by atoms with Crippen LogP contribution in [0.5, 0.6) is 0 Å². The van der Waals surface area contributed by atoms with Gasteiger partial charge in [0.15, 0.2) is 0 Å². The monoisotopic (exact) mass is 393 g/mol. The molecule has 0 bridgehead atoms. The molecule has 0 aliphatic carbocycles. The minimum absolute atomic E-state index is 0.0525. The fourth-order valence-electron chi connectivity index (χ4n) is 1.83. The molecule has 6 nitrogen and oxygen atoms in total. The van der Waals surface area contributed by atoms with Crippen LogP contribution in [0.2, 0.25) is 0 Å². The van der Waals surface area contributed by atoms with Crippen LogP contribution in [-0.4, -0.2) is 25.4 Å². The van der Waals surface area contributed by atoms with Crippen LogP contribution >= 0.6 is 27.7 Å². The molecule has 0 amide bonds. The summed E-state index contributed by atoms with van der Waals surface area (Å²) in [6.45, 7) is 6.26. The lowest BCUT2D eigenvalue weighted by Crippen LogP contribution is -2.13. The molecule has 3 aromatic rings. The normalized spacial score (nSPS) is 11.8. The summed E-state index contributed by atoms with van der Waals surface area (Å²) in [4.78, 5) is 4.47. The van der Waals surface area contributed by atoms with Gasteiger partial charge in [-0.1, -0.05) is 44.7 Å². The maximum absolute atomic E-state index is 5.71. The summed E-state index contributed by atoms with van der Waals surface area (Å²) >= 11 is 4.94. The summed E-state index contributed by atoms with van der Waals surface area (Å²) in [5.74, 6) is 2.43. The molecule has 0 saturated heterocycles. The quantitative estimate of drug-likeness (QED) is 0.668. The molecule has 8 heteroatoms. The van der Waals surface area contributed by atoms with Crippen molar-refractivity contribution < 1.29 is 4.42 Å². The van der Waals surface area contributed by atoms with Crippen molar-refractivity contribution in [3.63, 3.8) is 0 Å². The highest BCUT2D eigenvalue weighted by Crippen LogP contribution is 2.28. The predicted molar refractivity (Wildman–Crippen MR) is 92.1 cm³/mol. The summed E-state index contributed by atoms with van der Waals surface area (Å²) in [6, 6.07) is 7.74. The maximum Gasteiger partial charge on any atom is 0.248 e. The van der Waals surface area contributed by atoms with Gasteiger partial charge in [0, 0.05) is 9.89 Å². The Kier molecular flexibility index (Phi) is 4.54. The average molecular weight is 394 g/mol. The summed E-state index contributed by atoms with van der Waals surface area (Å²) in [6.07, 6.45) is 0. The third-order valence-electron chi connectivity index (χ3n) is 3.07. The summed E-state index contributed by atoms with van der Waals surface area (Å²) in [5, 5.41) is 16.0. The van der Waals surface area contributed by atoms with Crippen molar-refractivity contribution in [2.24, 2.45) is 0 Å². The fraction of sp³-hybridized carbons (Fsp3) is 0.333. The van der Waals surface area contributed by atoms with Gasteiger partial charge in [0.25, 0.3) is 0 Å². The number of nitrogens with one attached hydrogen (secondary N) is 1. The Balaban J connectivity index is 1.68. The van der Waals surface area contributed by atoms with Crippen LogP contribution in [0.15, 0.2) is 38.3 Å². The molecule has 23 heavy (non-hydrogen) atoms. The molecule has 0 aliphatic rings. The van der Waals surface area contributed by atoms with Gasteiger partial charge < -0.3 is 4.42 Å². The number of aromatic nitrogens is 5. The average Bonchev–Trinajstić information content (AvgIpc) is 3.14. The van der Waals surface area contributed by atoms with Gasteiger partial charge in [-0.05, 0) is 28.1 Å². The number of halogens is 1. The number of nitrogens with zero attached hydrogens (tertiary/aromatic N) is 4. The number of rotatable bonds is 4. The molecule has 0 saturated carbocycles. The predicted octanol–water partition coefficient (Wildman–Crippen LogP) is 4.21. The summed E-state index contributed by atoms with van der Waals surface area (Å²) in [7, 11) is 0. The van der Waals surface area contributed by atoms with E-state index in [2.05, 4.69) is 62.1 Å². The highest BCUT2D eigenvalue weighted by Gasteiger charge is 2.19. The van der Waals surface area contributed by atoms with Crippen LogP contribution in [0.25, 0.3) is 11.5 Å². The van der Waals surface area contributed by atoms with Crippen molar-refractivity contribution in [3.8, 4) is 11.5 Å². The van der Waals surface area contributed by atoms with E-state index < -0.39 is 0 Å². The van der Waals surface area contributed by atoms with E-state index in [0.29, 0.717) is 22.7 Å². The van der Waals surface area contributed by atoms with Gasteiger partial charge in [-0.2, -0.15) is 0 Å². The Hall–Kier alpha value is -1.67. The topological polar surface area (TPSA) is 80.5 Å². The second kappa shape index (κ2) is 6.45. The summed E-state index contributed by atoms with van der Waals surface area (Å²) in [5.41, 5.74) is 0.826. The van der Waals surface area contributed by atoms with E-state index >= 15 is 0 Å². The number of hydrogen-bond donors (Lipinski definition) is 1. The van der Waals surface area contributed by atoms with E-state index in [9.17, 15) is 0 Å². The number of H-pyrrole nitrogens is 1. The molecule has 0 radical (unpaired) electrons. The molecule has 1 N–H and O–H groups in total. The van der Waals surface area contributed by atoms with E-state index in [1.165, 1.54) is 11.8 Å². The van der Waals surface area contributed by atoms with Gasteiger partial charge >= 0.3 is 0 Å². The standard InChI is InChI=1S/C15H16BrN5OS/c1-15(2,3)13-17-14(21-20-13)23-8-11-18-19-12(22-11)9-6-4-5-7-10(9)16/h4-7H,8H2,1-3H3,(H,17,20,21). The Bertz CT molecular complexity index is 808. The largest absolute Gasteiger partial charge is 0.420 e. The molecule has 2 heterocycles. The van der Waals surface area contributed by atoms with Gasteiger partial charge in [-0.15, -0.1) is 15.3 Å². The number of thioether (sulfide) groups is 1. The van der Waals surface area contributed by atoms with Crippen LogP contribution in [0.3, 0.4) is 0 Å². The van der Waals surface area contributed by atoms with Crippen molar-refractivity contribution in [1.82, 2.24) is 25.4 Å². The van der Waals surface area contributed by atoms with E-state index in [1.54, 1.807) is 0 Å². The number of aromatic amines is 1. The van der Waals surface area contributed by atoms with Crippen molar-refractivity contribution in [1.29, 1.82) is 0 Å². The molecule has 0 aliphatic heterocycles. The summed E-state index contributed by atoms with van der Waals surface area (Å²) < 4.78 is 6.63. The van der Waals surface area contributed by atoms with Gasteiger partial charge in [0.1, 0.15) is 5.82 Å². The molecular weight excluding hydrogens is 378 g/mol. The third kappa shape index (κ3) is 3.81. The van der Waals surface area contributed by atoms with Crippen LogP contribution in [0, 0.1) is 0 Å². The van der Waals surface area contributed by atoms with E-state index in [4.69, 9.17) is 4.42 Å². The first-order chi connectivity index (χ1) is 10.9. The van der Waals surface area contributed by atoms with Gasteiger partial charge in [-0.25, -0.2) is 4.98 Å². The van der Waals surface area contributed by atoms with Crippen LogP contribution < -0.4 is 0 Å². The molecule has 120 valence electrons. The van der Waals surface area contributed by atoms with Crippen molar-refractivity contribution >= 4 is 27.7 Å². The van der Waals surface area contributed by atoms with E-state index in [-0.39, 0.29) is 5.41 Å². The van der Waals surface area contributed by atoms with Crippen LogP contribution in [0.4, 0.5) is 0 Å². The molecule has 1 aromatic carbocycles. The molecule has 2 aromatic heterocycles. The van der Waals surface area contributed by atoms with Crippen LogP contribution in [0.1, 0.15) is 32.5 Å². The Labute approximate surface area is 146 Å². The van der Waals surface area contributed by atoms with Gasteiger partial charge in [0.2, 0.25) is 16.9 Å². The highest BCUT2D eigenvalue weighted by atomic mass is 79.9. The zero-order chi connectivity index (χ0) is 16.4. The maximum atomic E-state index is 5.71. The zero-order valence-corrected chi connectivity index (χ0v) is 15.4. The first-order valence-corrected chi connectivity index (χ1v) is 8.84. The molecule has 3 rings (SSSR count). The fourth-order valence-corrected chi connectivity index (χ4v) is 2.92. The second-order valence-electron chi connectivity index (χ2n) is 5.99. The first-order valence-electron chi connectivity index (χ1n) is 7.06. The van der Waals surface area contributed by atoms with E-state index in [0.717, 1.165) is 15.9 Å². The SMILES string of the molecule is CC(C)(C)c1nc(SCc2nnc(-c3ccccc3Br)o2)n[nH]1. The Morgan fingerprint density at radius 3 is 2.70 bits per heavy atom. The van der Waals surface area contributed by atoms with Crippen molar-refractivity contribution in [3.05, 3.63) is 40.5 Å². The third-order valence-corrected chi connectivity index (χ3v) is 4.59. The molecular formula is C15H16BrN5OS. The lowest BCUT2D eigenvalue weighted by atomic mass is 9.96. The van der Waals surface area contributed by atoms with Crippen LogP contribution in [-0.2, 0) is 11.2 Å². The molecule has 0 fully saturated rings. The van der Waals surface area contributed by atoms with Crippen molar-refractivity contribution in [2.75, 3.05) is 0 Å². The smallest absolute Gasteiger partial charge is 0.248 e. The lowest BCUT2D eigenvalue weighted by Gasteiger charge is -2.12. The van der Waals surface area contributed by atoms with Gasteiger partial charge in [0.05, 0.1) is 11.3 Å². The van der Waals surface area contributed by atoms with Gasteiger partial charge in [-0.3, -0.25) is 5.10 Å². The van der Waals surface area contributed by atoms with E-state index in [1.807, 2.05) is 24.3 Å². The second-order valence-corrected chi connectivity index (χ2v) is 7.78. The highest BCUT2D eigenvalue weighted by molar-refractivity contribution is 9.10. The Morgan fingerprint density at radius 2 is 2.00 bits per heavy atom. The number of hydrogen-bond acceptors (Lipinski definition) is 6.